The molecular weight excluding hydrogens is 330 g/mol. The van der Waals surface area contributed by atoms with Gasteiger partial charge in [-0.25, -0.2) is 0 Å². The first-order chi connectivity index (χ1) is 10.2. The van der Waals surface area contributed by atoms with E-state index in [0.29, 0.717) is 12.1 Å². The maximum atomic E-state index is 12.5. The molecule has 1 N–H and O–H groups in total. The van der Waals surface area contributed by atoms with E-state index in [4.69, 9.17) is 0 Å². The first-order valence-corrected chi connectivity index (χ1v) is 8.04. The minimum absolute atomic E-state index is 0.0464. The van der Waals surface area contributed by atoms with Gasteiger partial charge in [-0.2, -0.15) is 0 Å². The van der Waals surface area contributed by atoms with Crippen LogP contribution in [0.2, 0.25) is 0 Å². The van der Waals surface area contributed by atoms with Crippen LogP contribution in [0, 0.1) is 0 Å². The number of aromatic hydroxyl groups is 1. The molecule has 3 nitrogen and oxygen atoms in total. The van der Waals surface area contributed by atoms with Gasteiger partial charge in [0, 0.05) is 24.0 Å². The van der Waals surface area contributed by atoms with Gasteiger partial charge in [0.15, 0.2) is 0 Å². The van der Waals surface area contributed by atoms with E-state index in [0.717, 1.165) is 29.4 Å². The van der Waals surface area contributed by atoms with Crippen molar-refractivity contribution in [2.24, 2.45) is 0 Å². The van der Waals surface area contributed by atoms with E-state index in [9.17, 15) is 9.90 Å². The Morgan fingerprint density at radius 2 is 1.90 bits per heavy atom. The summed E-state index contributed by atoms with van der Waals surface area (Å²) >= 11 is 3.40. The smallest absolute Gasteiger partial charge is 0.254 e. The maximum Gasteiger partial charge on any atom is 0.254 e. The molecule has 3 rings (SSSR count). The second kappa shape index (κ2) is 5.90. The number of phenolic OH excluding ortho intramolecular Hbond substituents is 1. The summed E-state index contributed by atoms with van der Waals surface area (Å²) in [4.78, 5) is 14.4. The molecule has 1 aliphatic heterocycles. The zero-order valence-corrected chi connectivity index (χ0v) is 13.1. The number of fused-ring (bicyclic) bond motifs is 1. The fraction of sp³-hybridized carbons (Fsp3) is 0.235. The van der Waals surface area contributed by atoms with Gasteiger partial charge in [-0.3, -0.25) is 4.79 Å². The molecule has 0 unspecified atom stereocenters. The third-order valence-electron chi connectivity index (χ3n) is 3.84. The highest BCUT2D eigenvalue weighted by Gasteiger charge is 2.21. The fourth-order valence-electron chi connectivity index (χ4n) is 2.64. The van der Waals surface area contributed by atoms with Crippen LogP contribution in [-0.2, 0) is 18.3 Å². The van der Waals surface area contributed by atoms with E-state index < -0.39 is 0 Å². The van der Waals surface area contributed by atoms with E-state index in [1.54, 1.807) is 12.1 Å². The van der Waals surface area contributed by atoms with Crippen LogP contribution in [0.3, 0.4) is 0 Å². The van der Waals surface area contributed by atoms with Crippen molar-refractivity contribution in [3.05, 3.63) is 64.7 Å². The maximum absolute atomic E-state index is 12.5. The van der Waals surface area contributed by atoms with Gasteiger partial charge in [0.2, 0.25) is 0 Å². The van der Waals surface area contributed by atoms with Crippen LogP contribution in [0.15, 0.2) is 42.5 Å². The summed E-state index contributed by atoms with van der Waals surface area (Å²) in [6, 6.07) is 13.1. The first kappa shape index (κ1) is 14.1. The summed E-state index contributed by atoms with van der Waals surface area (Å²) < 4.78 is 0. The number of rotatable bonds is 2. The average Bonchev–Trinajstić information content (AvgIpc) is 2.53. The SMILES string of the molecule is O=C(c1ccc(CBr)cc1)N1CCc2ccc(O)cc2C1. The van der Waals surface area contributed by atoms with Crippen molar-refractivity contribution in [1.29, 1.82) is 0 Å². The summed E-state index contributed by atoms with van der Waals surface area (Å²) in [5.74, 6) is 0.301. The molecular formula is C17H16BrNO2. The van der Waals surface area contributed by atoms with Crippen molar-refractivity contribution in [2.45, 2.75) is 18.3 Å². The molecule has 0 radical (unpaired) electrons. The number of halogens is 1. The second-order valence-corrected chi connectivity index (χ2v) is 5.82. The minimum atomic E-state index is 0.0464. The highest BCUT2D eigenvalue weighted by atomic mass is 79.9. The predicted octanol–water partition coefficient (Wildman–Crippen LogP) is 3.49. The Balaban J connectivity index is 1.79. The van der Waals surface area contributed by atoms with Gasteiger partial charge >= 0.3 is 0 Å². The Morgan fingerprint density at radius 3 is 2.62 bits per heavy atom. The van der Waals surface area contributed by atoms with E-state index >= 15 is 0 Å². The lowest BCUT2D eigenvalue weighted by molar-refractivity contribution is 0.0734. The lowest BCUT2D eigenvalue weighted by Crippen LogP contribution is -2.35. The molecule has 4 heteroatoms. The molecule has 0 atom stereocenters. The number of phenols is 1. The average molecular weight is 346 g/mol. The molecule has 2 aromatic rings. The minimum Gasteiger partial charge on any atom is -0.508 e. The predicted molar refractivity (Wildman–Crippen MR) is 85.6 cm³/mol. The number of nitrogens with zero attached hydrogens (tertiary/aromatic N) is 1. The molecule has 2 aromatic carbocycles. The lowest BCUT2D eigenvalue weighted by atomic mass is 9.98. The highest BCUT2D eigenvalue weighted by molar-refractivity contribution is 9.08. The van der Waals surface area contributed by atoms with Gasteiger partial charge in [0.25, 0.3) is 5.91 Å². The van der Waals surface area contributed by atoms with Crippen molar-refractivity contribution in [3.8, 4) is 5.75 Å². The number of hydrogen-bond acceptors (Lipinski definition) is 2. The van der Waals surface area contributed by atoms with Gasteiger partial charge in [-0.05, 0) is 47.4 Å². The largest absolute Gasteiger partial charge is 0.508 e. The van der Waals surface area contributed by atoms with Crippen molar-refractivity contribution in [2.75, 3.05) is 6.54 Å². The number of benzene rings is 2. The van der Waals surface area contributed by atoms with Crippen LogP contribution in [0.5, 0.6) is 5.75 Å². The van der Waals surface area contributed by atoms with Gasteiger partial charge in [-0.1, -0.05) is 34.1 Å². The standard InChI is InChI=1S/C17H16BrNO2/c18-10-12-1-3-14(4-2-12)17(21)19-8-7-13-5-6-16(20)9-15(13)11-19/h1-6,9,20H,7-8,10-11H2. The molecule has 1 amide bonds. The molecule has 1 heterocycles. The Kier molecular flexibility index (Phi) is 3.97. The van der Waals surface area contributed by atoms with Gasteiger partial charge in [-0.15, -0.1) is 0 Å². The third kappa shape index (κ3) is 2.95. The number of carbonyl (C=O) groups is 1. The Bertz CT molecular complexity index is 667. The number of alkyl halides is 1. The lowest BCUT2D eigenvalue weighted by Gasteiger charge is -2.29. The normalized spacial score (nSPS) is 13.9. The molecule has 0 fully saturated rings. The zero-order chi connectivity index (χ0) is 14.8. The summed E-state index contributed by atoms with van der Waals surface area (Å²) in [5.41, 5.74) is 4.11. The topological polar surface area (TPSA) is 40.5 Å². The van der Waals surface area contributed by atoms with Crippen LogP contribution in [-0.4, -0.2) is 22.5 Å². The van der Waals surface area contributed by atoms with Crippen molar-refractivity contribution < 1.29 is 9.90 Å². The number of carbonyl (C=O) groups excluding carboxylic acids is 1. The molecule has 108 valence electrons. The van der Waals surface area contributed by atoms with E-state index in [-0.39, 0.29) is 11.7 Å². The molecule has 0 bridgehead atoms. The monoisotopic (exact) mass is 345 g/mol. The summed E-state index contributed by atoms with van der Waals surface area (Å²) in [6.45, 7) is 1.28. The molecule has 0 spiro atoms. The molecule has 21 heavy (non-hydrogen) atoms. The molecule has 0 saturated heterocycles. The zero-order valence-electron chi connectivity index (χ0n) is 11.6. The highest BCUT2D eigenvalue weighted by Crippen LogP contribution is 2.24. The number of amides is 1. The Morgan fingerprint density at radius 1 is 1.14 bits per heavy atom. The molecule has 0 saturated carbocycles. The van der Waals surface area contributed by atoms with Crippen molar-refractivity contribution >= 4 is 21.8 Å². The van der Waals surface area contributed by atoms with Crippen molar-refractivity contribution in [3.63, 3.8) is 0 Å². The summed E-state index contributed by atoms with van der Waals surface area (Å²) in [6.07, 6.45) is 0.834. The molecule has 0 aromatic heterocycles. The van der Waals surface area contributed by atoms with E-state index in [1.807, 2.05) is 35.2 Å². The van der Waals surface area contributed by atoms with E-state index in [1.165, 1.54) is 5.56 Å². The number of hydrogen-bond donors (Lipinski definition) is 1. The molecule has 1 aliphatic rings. The van der Waals surface area contributed by atoms with Gasteiger partial charge in [0.05, 0.1) is 0 Å². The van der Waals surface area contributed by atoms with Crippen LogP contribution >= 0.6 is 15.9 Å². The Labute approximate surface area is 132 Å². The van der Waals surface area contributed by atoms with Crippen molar-refractivity contribution in [1.82, 2.24) is 4.90 Å². The Hall–Kier alpha value is -1.81. The van der Waals surface area contributed by atoms with Crippen LogP contribution in [0.25, 0.3) is 0 Å². The van der Waals surface area contributed by atoms with Crippen LogP contribution < -0.4 is 0 Å². The second-order valence-electron chi connectivity index (χ2n) is 5.26. The quantitative estimate of drug-likeness (QED) is 0.846. The fourth-order valence-corrected chi connectivity index (χ4v) is 3.01. The van der Waals surface area contributed by atoms with Gasteiger partial charge < -0.3 is 10.0 Å². The summed E-state index contributed by atoms with van der Waals surface area (Å²) in [7, 11) is 0. The van der Waals surface area contributed by atoms with Crippen LogP contribution in [0.1, 0.15) is 27.0 Å². The van der Waals surface area contributed by atoms with Gasteiger partial charge in [0.1, 0.15) is 5.75 Å². The summed E-state index contributed by atoms with van der Waals surface area (Å²) in [5, 5.41) is 10.4. The third-order valence-corrected chi connectivity index (χ3v) is 4.49. The first-order valence-electron chi connectivity index (χ1n) is 6.92. The molecule has 0 aliphatic carbocycles. The van der Waals surface area contributed by atoms with Crippen LogP contribution in [0.4, 0.5) is 0 Å². The van der Waals surface area contributed by atoms with E-state index in [2.05, 4.69) is 15.9 Å².